The van der Waals surface area contributed by atoms with Crippen LogP contribution in [-0.2, 0) is 24.2 Å². The van der Waals surface area contributed by atoms with Crippen LogP contribution in [0.3, 0.4) is 0 Å². The molecular weight excluding hydrogens is 364 g/mol. The monoisotopic (exact) mass is 376 g/mol. The molecule has 8 nitrogen and oxygen atoms in total. The number of cyclic esters (lactones) is 2. The maximum Gasteiger partial charge on any atom is 0.346 e. The average molecular weight is 376 g/mol. The maximum absolute atomic E-state index is 13.1. The first-order valence-corrected chi connectivity index (χ1v) is 8.85. The van der Waals surface area contributed by atoms with Gasteiger partial charge in [0.15, 0.2) is 9.84 Å². The summed E-state index contributed by atoms with van der Waals surface area (Å²) in [6.07, 6.45) is 2.27. The van der Waals surface area contributed by atoms with Crippen molar-refractivity contribution in [1.29, 1.82) is 0 Å². The van der Waals surface area contributed by atoms with Crippen LogP contribution in [0.5, 0.6) is 0 Å². The molecule has 0 amide bonds. The second-order valence-electron chi connectivity index (χ2n) is 6.07. The highest BCUT2D eigenvalue weighted by Gasteiger charge is 2.43. The van der Waals surface area contributed by atoms with Crippen LogP contribution in [0.25, 0.3) is 0 Å². The van der Waals surface area contributed by atoms with E-state index in [9.17, 15) is 27.6 Å². The van der Waals surface area contributed by atoms with E-state index in [-0.39, 0.29) is 33.6 Å². The molecule has 0 spiro atoms. The van der Waals surface area contributed by atoms with Crippen LogP contribution in [0.15, 0.2) is 46.4 Å². The Labute approximate surface area is 147 Å². The van der Waals surface area contributed by atoms with Crippen molar-refractivity contribution >= 4 is 34.0 Å². The molecule has 1 heterocycles. The third-order valence-electron chi connectivity index (χ3n) is 4.40. The first-order chi connectivity index (χ1) is 12.1. The smallest absolute Gasteiger partial charge is 0.346 e. The minimum Gasteiger partial charge on any atom is -0.478 e. The van der Waals surface area contributed by atoms with Crippen molar-refractivity contribution in [1.82, 2.24) is 0 Å². The Kier molecular flexibility index (Phi) is 3.91. The molecule has 1 unspecified atom stereocenters. The summed E-state index contributed by atoms with van der Waals surface area (Å²) in [5, 5.41) is 9.09. The normalized spacial score (nSPS) is 22.2. The molecule has 1 aliphatic heterocycles. The molecule has 1 atom stereocenters. The minimum atomic E-state index is -4.11. The predicted molar refractivity (Wildman–Crippen MR) is 86.3 cm³/mol. The number of rotatable bonds is 4. The number of hydrogen-bond acceptors (Lipinski definition) is 7. The Morgan fingerprint density at radius 1 is 1.23 bits per heavy atom. The number of carbonyl (C=O) groups excluding carboxylic acids is 3. The van der Waals surface area contributed by atoms with Gasteiger partial charge in [-0.15, -0.1) is 0 Å². The molecule has 0 radical (unpaired) electrons. The highest BCUT2D eigenvalue weighted by molar-refractivity contribution is 7.93. The van der Waals surface area contributed by atoms with Crippen molar-refractivity contribution in [3.63, 3.8) is 0 Å². The zero-order chi connectivity index (χ0) is 19.3. The lowest BCUT2D eigenvalue weighted by Gasteiger charge is -2.29. The van der Waals surface area contributed by atoms with Gasteiger partial charge in [0.25, 0.3) is 0 Å². The highest BCUT2D eigenvalue weighted by Crippen LogP contribution is 2.37. The zero-order valence-electron chi connectivity index (χ0n) is 13.4. The SMILES string of the molecule is CC1(S(=O)(=O)c2ccc3c(c2)C(=O)OC3=O)C=CC(C(=O)O)=C(C=O)C1. The number of benzene rings is 1. The molecule has 0 aromatic heterocycles. The fraction of sp³-hybridized carbons (Fsp3) is 0.176. The number of hydrogen-bond donors (Lipinski definition) is 1. The number of aliphatic carboxylic acids is 1. The van der Waals surface area contributed by atoms with Crippen LogP contribution < -0.4 is 0 Å². The Balaban J connectivity index is 2.08. The van der Waals surface area contributed by atoms with Crippen LogP contribution in [-0.4, -0.2) is 42.5 Å². The molecule has 0 saturated carbocycles. The van der Waals surface area contributed by atoms with Gasteiger partial charge in [0.1, 0.15) is 6.29 Å². The second kappa shape index (κ2) is 5.73. The van der Waals surface area contributed by atoms with Gasteiger partial charge in [-0.1, -0.05) is 6.08 Å². The average Bonchev–Trinajstić information content (AvgIpc) is 2.88. The summed E-state index contributed by atoms with van der Waals surface area (Å²) in [5.41, 5.74) is -0.602. The lowest BCUT2D eigenvalue weighted by atomic mass is 9.91. The summed E-state index contributed by atoms with van der Waals surface area (Å²) in [5.74, 6) is -3.12. The van der Waals surface area contributed by atoms with E-state index in [0.29, 0.717) is 6.29 Å². The van der Waals surface area contributed by atoms with E-state index in [0.717, 1.165) is 12.1 Å². The van der Waals surface area contributed by atoms with Crippen molar-refractivity contribution in [2.45, 2.75) is 23.0 Å². The third-order valence-corrected chi connectivity index (χ3v) is 6.79. The maximum atomic E-state index is 13.1. The van der Waals surface area contributed by atoms with Crippen LogP contribution in [0, 0.1) is 0 Å². The molecule has 0 fully saturated rings. The molecule has 0 bridgehead atoms. The van der Waals surface area contributed by atoms with Crippen molar-refractivity contribution < 1.29 is 37.4 Å². The zero-order valence-corrected chi connectivity index (χ0v) is 14.2. The molecule has 1 N–H and O–H groups in total. The fourth-order valence-corrected chi connectivity index (χ4v) is 4.55. The summed E-state index contributed by atoms with van der Waals surface area (Å²) in [6.45, 7) is 1.34. The number of carbonyl (C=O) groups is 4. The van der Waals surface area contributed by atoms with Crippen molar-refractivity contribution in [3.8, 4) is 0 Å². The predicted octanol–water partition coefficient (Wildman–Crippen LogP) is 1.07. The molecule has 1 aromatic carbocycles. The summed E-state index contributed by atoms with van der Waals surface area (Å²) < 4.78 is 29.0. The summed E-state index contributed by atoms with van der Waals surface area (Å²) in [7, 11) is -4.11. The first kappa shape index (κ1) is 17.7. The highest BCUT2D eigenvalue weighted by atomic mass is 32.2. The van der Waals surface area contributed by atoms with Crippen molar-refractivity contribution in [2.75, 3.05) is 0 Å². The van der Waals surface area contributed by atoms with Gasteiger partial charge in [0, 0.05) is 5.57 Å². The van der Waals surface area contributed by atoms with Gasteiger partial charge >= 0.3 is 17.9 Å². The number of sulfone groups is 1. The Hall–Kier alpha value is -3.07. The number of allylic oxidation sites excluding steroid dienone is 1. The lowest BCUT2D eigenvalue weighted by molar-refractivity contribution is -0.132. The summed E-state index contributed by atoms with van der Waals surface area (Å²) >= 11 is 0. The van der Waals surface area contributed by atoms with Crippen molar-refractivity contribution in [3.05, 3.63) is 52.6 Å². The number of carboxylic acid groups (broad SMARTS) is 1. The first-order valence-electron chi connectivity index (χ1n) is 7.37. The number of aldehydes is 1. The van der Waals surface area contributed by atoms with E-state index < -0.39 is 32.5 Å². The van der Waals surface area contributed by atoms with Crippen LogP contribution in [0.4, 0.5) is 0 Å². The van der Waals surface area contributed by atoms with Crippen LogP contribution >= 0.6 is 0 Å². The van der Waals surface area contributed by atoms with E-state index in [4.69, 9.17) is 5.11 Å². The van der Waals surface area contributed by atoms with Gasteiger partial charge in [0.2, 0.25) is 0 Å². The molecule has 1 aliphatic carbocycles. The Morgan fingerprint density at radius 2 is 1.88 bits per heavy atom. The summed E-state index contributed by atoms with van der Waals surface area (Å²) in [6, 6.07) is 3.41. The molecule has 26 heavy (non-hydrogen) atoms. The van der Waals surface area contributed by atoms with Crippen molar-refractivity contribution in [2.24, 2.45) is 0 Å². The Bertz CT molecular complexity index is 1040. The third kappa shape index (κ3) is 2.48. The van der Waals surface area contributed by atoms with Gasteiger partial charge in [-0.05, 0) is 37.6 Å². The topological polar surface area (TPSA) is 132 Å². The second-order valence-corrected chi connectivity index (χ2v) is 8.48. The minimum absolute atomic E-state index is 0.0278. The molecule has 3 rings (SSSR count). The van der Waals surface area contributed by atoms with E-state index in [1.807, 2.05) is 0 Å². The van der Waals surface area contributed by atoms with Gasteiger partial charge in [-0.2, -0.15) is 0 Å². The van der Waals surface area contributed by atoms with Gasteiger partial charge in [-0.25, -0.2) is 22.8 Å². The molecule has 1 aromatic rings. The number of esters is 2. The molecular formula is C17H12O8S. The molecule has 0 saturated heterocycles. The van der Waals surface area contributed by atoms with Crippen LogP contribution in [0.1, 0.15) is 34.1 Å². The summed E-state index contributed by atoms with van der Waals surface area (Å²) in [4.78, 5) is 45.3. The number of fused-ring (bicyclic) bond motifs is 1. The van der Waals surface area contributed by atoms with E-state index in [2.05, 4.69) is 4.74 Å². The molecule has 9 heteroatoms. The van der Waals surface area contributed by atoms with Gasteiger partial charge in [-0.3, -0.25) is 4.79 Å². The largest absolute Gasteiger partial charge is 0.478 e. The van der Waals surface area contributed by atoms with Crippen LogP contribution in [0.2, 0.25) is 0 Å². The molecule has 134 valence electrons. The molecule has 2 aliphatic rings. The fourth-order valence-electron chi connectivity index (χ4n) is 2.90. The number of ether oxygens (including phenoxy) is 1. The van der Waals surface area contributed by atoms with E-state index in [1.165, 1.54) is 25.1 Å². The van der Waals surface area contributed by atoms with Gasteiger partial charge < -0.3 is 9.84 Å². The number of carboxylic acids is 1. The van der Waals surface area contributed by atoms with Gasteiger partial charge in [0.05, 0.1) is 26.3 Å². The Morgan fingerprint density at radius 3 is 2.50 bits per heavy atom. The quantitative estimate of drug-likeness (QED) is 0.469. The van der Waals surface area contributed by atoms with E-state index in [1.54, 1.807) is 0 Å². The van der Waals surface area contributed by atoms with E-state index >= 15 is 0 Å². The standard InChI is InChI=1S/C17H12O8S/c1-17(5-4-11(14(19)20)9(7-17)8-18)26(23,24)10-2-3-12-13(6-10)16(22)25-15(12)21/h2-6,8H,7H2,1H3,(H,19,20). The lowest BCUT2D eigenvalue weighted by Crippen LogP contribution is -2.36.